The van der Waals surface area contributed by atoms with Crippen molar-refractivity contribution < 1.29 is 9.15 Å². The lowest BCUT2D eigenvalue weighted by molar-refractivity contribution is 0.166. The van der Waals surface area contributed by atoms with E-state index in [0.29, 0.717) is 12.5 Å². The van der Waals surface area contributed by atoms with E-state index in [1.165, 1.54) is 0 Å². The van der Waals surface area contributed by atoms with Crippen molar-refractivity contribution in [3.63, 3.8) is 0 Å². The van der Waals surface area contributed by atoms with Crippen molar-refractivity contribution in [3.8, 4) is 0 Å². The van der Waals surface area contributed by atoms with Crippen molar-refractivity contribution in [3.05, 3.63) is 23.7 Å². The molecule has 0 saturated carbocycles. The van der Waals surface area contributed by atoms with Gasteiger partial charge in [-0.05, 0) is 12.1 Å². The molecular formula is C11H17ClO2S. The van der Waals surface area contributed by atoms with Gasteiger partial charge in [-0.25, -0.2) is 0 Å². The Morgan fingerprint density at radius 3 is 2.80 bits per heavy atom. The third kappa shape index (κ3) is 5.50. The summed E-state index contributed by atoms with van der Waals surface area (Å²) in [6, 6.07) is 4.09. The molecule has 15 heavy (non-hydrogen) atoms. The molecule has 0 aromatic carbocycles. The van der Waals surface area contributed by atoms with Crippen molar-refractivity contribution in [2.45, 2.75) is 19.1 Å². The lowest BCUT2D eigenvalue weighted by atomic mass is 10.4. The summed E-state index contributed by atoms with van der Waals surface area (Å²) in [5.41, 5.74) is 0. The van der Waals surface area contributed by atoms with Crippen LogP contribution in [0.4, 0.5) is 0 Å². The maximum atomic E-state index is 5.58. The summed E-state index contributed by atoms with van der Waals surface area (Å²) in [4.78, 5) is 0. The third-order valence-electron chi connectivity index (χ3n) is 1.90. The number of furan rings is 1. The van der Waals surface area contributed by atoms with E-state index in [-0.39, 0.29) is 0 Å². The Morgan fingerprint density at radius 1 is 1.33 bits per heavy atom. The molecule has 1 heterocycles. The molecule has 1 aromatic rings. The van der Waals surface area contributed by atoms with E-state index >= 15 is 0 Å². The van der Waals surface area contributed by atoms with Gasteiger partial charge < -0.3 is 9.15 Å². The molecule has 0 aliphatic heterocycles. The summed E-state index contributed by atoms with van der Waals surface area (Å²) in [5.74, 6) is 4.59. The smallest absolute Gasteiger partial charge is 0.114 e. The van der Waals surface area contributed by atoms with Gasteiger partial charge in [-0.2, -0.15) is 11.8 Å². The van der Waals surface area contributed by atoms with Crippen LogP contribution in [0, 0.1) is 0 Å². The lowest BCUT2D eigenvalue weighted by Gasteiger charge is -2.00. The fourth-order valence-electron chi connectivity index (χ4n) is 1.14. The van der Waals surface area contributed by atoms with Gasteiger partial charge in [0.05, 0.1) is 19.0 Å². The quantitative estimate of drug-likeness (QED) is 0.521. The van der Waals surface area contributed by atoms with Crippen LogP contribution in [-0.4, -0.2) is 24.8 Å². The number of halogens is 1. The van der Waals surface area contributed by atoms with Crippen molar-refractivity contribution in [2.75, 3.05) is 24.8 Å². The average Bonchev–Trinajstić information content (AvgIpc) is 2.71. The van der Waals surface area contributed by atoms with Crippen LogP contribution >= 0.6 is 23.4 Å². The molecular weight excluding hydrogens is 232 g/mol. The van der Waals surface area contributed by atoms with Gasteiger partial charge in [-0.1, -0.05) is 6.92 Å². The van der Waals surface area contributed by atoms with E-state index in [9.17, 15) is 0 Å². The highest BCUT2D eigenvalue weighted by Gasteiger charge is 2.00. The van der Waals surface area contributed by atoms with Gasteiger partial charge >= 0.3 is 0 Å². The SMILES string of the molecule is CCc1ccc(CSCCOCCCl)o1. The summed E-state index contributed by atoms with van der Waals surface area (Å²) < 4.78 is 10.8. The largest absolute Gasteiger partial charge is 0.465 e. The minimum absolute atomic E-state index is 0.572. The number of thioether (sulfide) groups is 1. The molecule has 4 heteroatoms. The fraction of sp³-hybridized carbons (Fsp3) is 0.636. The van der Waals surface area contributed by atoms with Crippen LogP contribution in [0.15, 0.2) is 16.5 Å². The molecule has 0 atom stereocenters. The van der Waals surface area contributed by atoms with Crippen LogP contribution in [0.5, 0.6) is 0 Å². The number of hydrogen-bond acceptors (Lipinski definition) is 3. The average molecular weight is 249 g/mol. The van der Waals surface area contributed by atoms with Crippen molar-refractivity contribution >= 4 is 23.4 Å². The first-order chi connectivity index (χ1) is 7.36. The third-order valence-corrected chi connectivity index (χ3v) is 3.00. The predicted octanol–water partition coefficient (Wildman–Crippen LogP) is 3.33. The highest BCUT2D eigenvalue weighted by atomic mass is 35.5. The van der Waals surface area contributed by atoms with Crippen molar-refractivity contribution in [1.29, 1.82) is 0 Å². The number of hydrogen-bond donors (Lipinski definition) is 0. The zero-order valence-corrected chi connectivity index (χ0v) is 10.6. The Bertz CT molecular complexity index is 263. The van der Waals surface area contributed by atoms with Crippen LogP contribution in [0.1, 0.15) is 18.4 Å². The second-order valence-electron chi connectivity index (χ2n) is 3.08. The Hall–Kier alpha value is -0.120. The monoisotopic (exact) mass is 248 g/mol. The van der Waals surface area contributed by atoms with E-state index in [0.717, 1.165) is 36.1 Å². The minimum atomic E-state index is 0.572. The second kappa shape index (κ2) is 8.08. The predicted molar refractivity (Wildman–Crippen MR) is 65.8 cm³/mol. The number of rotatable bonds is 8. The number of alkyl halides is 1. The number of ether oxygens (including phenoxy) is 1. The molecule has 0 saturated heterocycles. The number of aryl methyl sites for hydroxylation is 1. The van der Waals surface area contributed by atoms with Gasteiger partial charge in [-0.15, -0.1) is 11.6 Å². The van der Waals surface area contributed by atoms with Crippen LogP contribution in [0.2, 0.25) is 0 Å². The second-order valence-corrected chi connectivity index (χ2v) is 4.56. The van der Waals surface area contributed by atoms with Crippen LogP contribution in [0.3, 0.4) is 0 Å². The maximum Gasteiger partial charge on any atom is 0.114 e. The minimum Gasteiger partial charge on any atom is -0.465 e. The lowest BCUT2D eigenvalue weighted by Crippen LogP contribution is -2.00. The Morgan fingerprint density at radius 2 is 2.13 bits per heavy atom. The first-order valence-corrected chi connectivity index (χ1v) is 6.84. The molecule has 0 spiro atoms. The molecule has 0 aliphatic carbocycles. The fourth-order valence-corrected chi connectivity index (χ4v) is 1.98. The topological polar surface area (TPSA) is 22.4 Å². The molecule has 2 nitrogen and oxygen atoms in total. The molecule has 0 unspecified atom stereocenters. The van der Waals surface area contributed by atoms with Crippen LogP contribution < -0.4 is 0 Å². The first kappa shape index (κ1) is 12.9. The molecule has 0 N–H and O–H groups in total. The summed E-state index contributed by atoms with van der Waals surface area (Å²) in [6.07, 6.45) is 0.962. The molecule has 0 amide bonds. The van der Waals surface area contributed by atoms with Crippen LogP contribution in [0.25, 0.3) is 0 Å². The van der Waals surface area contributed by atoms with Crippen molar-refractivity contribution in [2.24, 2.45) is 0 Å². The van der Waals surface area contributed by atoms with Gasteiger partial charge in [0.25, 0.3) is 0 Å². The molecule has 1 aromatic heterocycles. The highest BCUT2D eigenvalue weighted by Crippen LogP contribution is 2.15. The molecule has 0 fully saturated rings. The van der Waals surface area contributed by atoms with E-state index in [1.807, 2.05) is 23.9 Å². The van der Waals surface area contributed by atoms with Crippen LogP contribution in [-0.2, 0) is 16.9 Å². The normalized spacial score (nSPS) is 10.8. The first-order valence-electron chi connectivity index (χ1n) is 5.16. The van der Waals surface area contributed by atoms with Gasteiger partial charge in [0.1, 0.15) is 11.5 Å². The highest BCUT2D eigenvalue weighted by molar-refractivity contribution is 7.98. The maximum absolute atomic E-state index is 5.58. The summed E-state index contributed by atoms with van der Waals surface area (Å²) in [6.45, 7) is 3.50. The van der Waals surface area contributed by atoms with E-state index in [4.69, 9.17) is 20.8 Å². The summed E-state index contributed by atoms with van der Waals surface area (Å²) in [7, 11) is 0. The van der Waals surface area contributed by atoms with Gasteiger partial charge in [0.15, 0.2) is 0 Å². The summed E-state index contributed by atoms with van der Waals surface area (Å²) in [5, 5.41) is 0. The molecule has 86 valence electrons. The summed E-state index contributed by atoms with van der Waals surface area (Å²) >= 11 is 7.30. The zero-order chi connectivity index (χ0) is 10.9. The van der Waals surface area contributed by atoms with Crippen molar-refractivity contribution in [1.82, 2.24) is 0 Å². The van der Waals surface area contributed by atoms with E-state index in [2.05, 4.69) is 6.92 Å². The molecule has 0 radical (unpaired) electrons. The van der Waals surface area contributed by atoms with E-state index in [1.54, 1.807) is 0 Å². The van der Waals surface area contributed by atoms with Gasteiger partial charge in [0.2, 0.25) is 0 Å². The zero-order valence-electron chi connectivity index (χ0n) is 9.00. The molecule has 0 aliphatic rings. The standard InChI is InChI=1S/C11H17ClO2S/c1-2-10-3-4-11(14-10)9-15-8-7-13-6-5-12/h3-4H,2,5-9H2,1H3. The van der Waals surface area contributed by atoms with Gasteiger partial charge in [-0.3, -0.25) is 0 Å². The molecule has 0 bridgehead atoms. The Balaban J connectivity index is 2.04. The molecule has 1 rings (SSSR count). The van der Waals surface area contributed by atoms with E-state index < -0.39 is 0 Å². The van der Waals surface area contributed by atoms with Gasteiger partial charge in [0, 0.05) is 18.1 Å². The Kier molecular flexibility index (Phi) is 6.98. The Labute approximate surface area is 100 Å².